The van der Waals surface area contributed by atoms with Gasteiger partial charge in [-0.1, -0.05) is 27.7 Å². The van der Waals surface area contributed by atoms with Crippen LogP contribution < -0.4 is 5.32 Å². The Hall–Kier alpha value is 0.270. The summed E-state index contributed by atoms with van der Waals surface area (Å²) >= 11 is 1.81. The highest BCUT2D eigenvalue weighted by molar-refractivity contribution is 7.99. The Kier molecular flexibility index (Phi) is 7.81. The van der Waals surface area contributed by atoms with Gasteiger partial charge >= 0.3 is 0 Å². The van der Waals surface area contributed by atoms with Crippen LogP contribution in [0.3, 0.4) is 0 Å². The summed E-state index contributed by atoms with van der Waals surface area (Å²) < 4.78 is 0. The lowest BCUT2D eigenvalue weighted by Crippen LogP contribution is -2.31. The lowest BCUT2D eigenvalue weighted by atomic mass is 10.2. The van der Waals surface area contributed by atoms with Crippen LogP contribution in [-0.2, 0) is 0 Å². The van der Waals surface area contributed by atoms with E-state index in [0.29, 0.717) is 11.2 Å². The maximum absolute atomic E-state index is 9.53. The molecule has 80 valence electrons. The van der Waals surface area contributed by atoms with Gasteiger partial charge in [0.25, 0.3) is 0 Å². The molecular weight excluding hydrogens is 182 g/mol. The molecule has 0 rings (SSSR count). The summed E-state index contributed by atoms with van der Waals surface area (Å²) in [6, 6.07) is 0. The van der Waals surface area contributed by atoms with Crippen molar-refractivity contribution in [3.63, 3.8) is 0 Å². The zero-order valence-corrected chi connectivity index (χ0v) is 10.0. The minimum atomic E-state index is -0.203. The Labute approximate surface area is 86.5 Å². The molecule has 2 N–H and O–H groups in total. The van der Waals surface area contributed by atoms with Crippen molar-refractivity contribution < 1.29 is 5.11 Å². The fraction of sp³-hybridized carbons (Fsp3) is 1.00. The third-order valence-electron chi connectivity index (χ3n) is 1.55. The van der Waals surface area contributed by atoms with Crippen LogP contribution in [0, 0.1) is 5.92 Å². The minimum absolute atomic E-state index is 0.203. The normalized spacial score (nSPS) is 14.1. The van der Waals surface area contributed by atoms with E-state index in [4.69, 9.17) is 0 Å². The molecule has 0 saturated heterocycles. The molecule has 0 heterocycles. The van der Waals surface area contributed by atoms with Gasteiger partial charge in [-0.3, -0.25) is 0 Å². The quantitative estimate of drug-likeness (QED) is 0.664. The Balaban J connectivity index is 3.25. The van der Waals surface area contributed by atoms with Crippen molar-refractivity contribution in [2.45, 2.75) is 39.0 Å². The van der Waals surface area contributed by atoms with E-state index < -0.39 is 0 Å². The maximum Gasteiger partial charge on any atom is 0.0754 e. The van der Waals surface area contributed by atoms with Gasteiger partial charge in [0.2, 0.25) is 0 Å². The molecule has 0 radical (unpaired) electrons. The van der Waals surface area contributed by atoms with Crippen molar-refractivity contribution in [2.24, 2.45) is 5.92 Å². The average Bonchev–Trinajstić information content (AvgIpc) is 2.00. The second kappa shape index (κ2) is 7.65. The molecular formula is C10H23NOS. The van der Waals surface area contributed by atoms with E-state index in [9.17, 15) is 5.11 Å². The summed E-state index contributed by atoms with van der Waals surface area (Å²) in [4.78, 5) is 0. The Morgan fingerprint density at radius 3 is 2.23 bits per heavy atom. The van der Waals surface area contributed by atoms with Crippen molar-refractivity contribution in [1.29, 1.82) is 0 Å². The van der Waals surface area contributed by atoms with Crippen molar-refractivity contribution >= 4 is 11.8 Å². The Morgan fingerprint density at radius 1 is 1.15 bits per heavy atom. The fourth-order valence-corrected chi connectivity index (χ4v) is 1.63. The van der Waals surface area contributed by atoms with E-state index in [1.165, 1.54) is 0 Å². The largest absolute Gasteiger partial charge is 0.391 e. The van der Waals surface area contributed by atoms with E-state index in [2.05, 4.69) is 33.0 Å². The van der Waals surface area contributed by atoms with Crippen LogP contribution in [0.25, 0.3) is 0 Å². The first-order valence-corrected chi connectivity index (χ1v) is 6.07. The molecule has 13 heavy (non-hydrogen) atoms. The van der Waals surface area contributed by atoms with Gasteiger partial charge in [-0.05, 0) is 17.7 Å². The van der Waals surface area contributed by atoms with Gasteiger partial charge in [0.05, 0.1) is 6.10 Å². The fourth-order valence-electron chi connectivity index (χ4n) is 0.901. The molecule has 0 aromatic carbocycles. The molecule has 1 atom stereocenters. The Morgan fingerprint density at radius 2 is 1.77 bits per heavy atom. The molecule has 0 spiro atoms. The standard InChI is InChI=1S/C10H23NOS/c1-8(2)5-11-6-10(12)7-13-9(3)4/h8-12H,5-7H2,1-4H3. The summed E-state index contributed by atoms with van der Waals surface area (Å²) in [5, 5.41) is 13.4. The van der Waals surface area contributed by atoms with Crippen molar-refractivity contribution in [2.75, 3.05) is 18.8 Å². The molecule has 3 heteroatoms. The molecule has 0 aliphatic rings. The second-order valence-electron chi connectivity index (χ2n) is 4.09. The number of nitrogens with one attached hydrogen (secondary N) is 1. The van der Waals surface area contributed by atoms with Crippen molar-refractivity contribution in [3.8, 4) is 0 Å². The SMILES string of the molecule is CC(C)CNCC(O)CSC(C)C. The monoisotopic (exact) mass is 205 g/mol. The molecule has 0 aromatic heterocycles. The van der Waals surface area contributed by atoms with E-state index in [-0.39, 0.29) is 6.10 Å². The molecule has 0 fully saturated rings. The van der Waals surface area contributed by atoms with Gasteiger partial charge in [0.15, 0.2) is 0 Å². The molecule has 0 aromatic rings. The summed E-state index contributed by atoms with van der Waals surface area (Å²) in [7, 11) is 0. The summed E-state index contributed by atoms with van der Waals surface area (Å²) in [5.74, 6) is 1.49. The topological polar surface area (TPSA) is 32.3 Å². The van der Waals surface area contributed by atoms with Crippen LogP contribution in [0.1, 0.15) is 27.7 Å². The predicted molar refractivity (Wildman–Crippen MR) is 61.3 cm³/mol. The number of hydrogen-bond acceptors (Lipinski definition) is 3. The lowest BCUT2D eigenvalue weighted by Gasteiger charge is -2.13. The predicted octanol–water partition coefficient (Wildman–Crippen LogP) is 1.73. The highest BCUT2D eigenvalue weighted by Gasteiger charge is 2.05. The highest BCUT2D eigenvalue weighted by atomic mass is 32.2. The molecule has 0 saturated carbocycles. The number of thioether (sulfide) groups is 1. The summed E-state index contributed by atoms with van der Waals surface area (Å²) in [5.41, 5.74) is 0. The van der Waals surface area contributed by atoms with Gasteiger partial charge in [-0.25, -0.2) is 0 Å². The number of aliphatic hydroxyl groups excluding tert-OH is 1. The third kappa shape index (κ3) is 10.2. The van der Waals surface area contributed by atoms with Crippen LogP contribution in [0.4, 0.5) is 0 Å². The third-order valence-corrected chi connectivity index (χ3v) is 2.80. The van der Waals surface area contributed by atoms with E-state index >= 15 is 0 Å². The van der Waals surface area contributed by atoms with Crippen LogP contribution in [0.15, 0.2) is 0 Å². The van der Waals surface area contributed by atoms with Crippen molar-refractivity contribution in [1.82, 2.24) is 5.32 Å². The van der Waals surface area contributed by atoms with E-state index in [0.717, 1.165) is 18.8 Å². The highest BCUT2D eigenvalue weighted by Crippen LogP contribution is 2.09. The molecule has 0 aliphatic carbocycles. The first-order valence-electron chi connectivity index (χ1n) is 5.02. The van der Waals surface area contributed by atoms with Gasteiger partial charge in [-0.15, -0.1) is 0 Å². The zero-order chi connectivity index (χ0) is 10.3. The van der Waals surface area contributed by atoms with E-state index in [1.807, 2.05) is 11.8 Å². The van der Waals surface area contributed by atoms with Gasteiger partial charge in [-0.2, -0.15) is 11.8 Å². The van der Waals surface area contributed by atoms with Crippen LogP contribution >= 0.6 is 11.8 Å². The molecule has 0 aliphatic heterocycles. The van der Waals surface area contributed by atoms with Gasteiger partial charge in [0.1, 0.15) is 0 Å². The van der Waals surface area contributed by atoms with Gasteiger partial charge < -0.3 is 10.4 Å². The van der Waals surface area contributed by atoms with Crippen LogP contribution in [0.2, 0.25) is 0 Å². The summed E-state index contributed by atoms with van der Waals surface area (Å²) in [6.45, 7) is 10.4. The molecule has 0 amide bonds. The van der Waals surface area contributed by atoms with Crippen LogP contribution in [0.5, 0.6) is 0 Å². The first kappa shape index (κ1) is 13.3. The average molecular weight is 205 g/mol. The number of aliphatic hydroxyl groups is 1. The number of hydrogen-bond donors (Lipinski definition) is 2. The maximum atomic E-state index is 9.53. The van der Waals surface area contributed by atoms with Crippen molar-refractivity contribution in [3.05, 3.63) is 0 Å². The number of rotatable bonds is 7. The zero-order valence-electron chi connectivity index (χ0n) is 9.21. The second-order valence-corrected chi connectivity index (χ2v) is 5.70. The summed E-state index contributed by atoms with van der Waals surface area (Å²) in [6.07, 6.45) is -0.203. The molecule has 2 nitrogen and oxygen atoms in total. The lowest BCUT2D eigenvalue weighted by molar-refractivity contribution is 0.194. The molecule has 0 bridgehead atoms. The molecule has 1 unspecified atom stereocenters. The van der Waals surface area contributed by atoms with E-state index in [1.54, 1.807) is 0 Å². The minimum Gasteiger partial charge on any atom is -0.391 e. The van der Waals surface area contributed by atoms with Crippen LogP contribution in [-0.4, -0.2) is 35.3 Å². The Bertz CT molecular complexity index is 117. The smallest absolute Gasteiger partial charge is 0.0754 e. The first-order chi connectivity index (χ1) is 6.02. The van der Waals surface area contributed by atoms with Gasteiger partial charge in [0, 0.05) is 12.3 Å².